The Hall–Kier alpha value is -1.66. The van der Waals surface area contributed by atoms with Crippen LogP contribution in [0, 0.1) is 5.92 Å². The molecule has 0 heterocycles. The number of carbonyl (C=O) groups excluding carboxylic acids is 1. The Kier molecular flexibility index (Phi) is 4.55. The van der Waals surface area contributed by atoms with E-state index in [9.17, 15) is 13.2 Å². The van der Waals surface area contributed by atoms with Crippen molar-refractivity contribution >= 4 is 15.9 Å². The summed E-state index contributed by atoms with van der Waals surface area (Å²) in [6.45, 7) is 4.46. The molecule has 2 aliphatic carbocycles. The Morgan fingerprint density at radius 1 is 1.30 bits per heavy atom. The van der Waals surface area contributed by atoms with Crippen molar-refractivity contribution in [2.24, 2.45) is 5.92 Å². The summed E-state index contributed by atoms with van der Waals surface area (Å²) >= 11 is 0. The lowest BCUT2D eigenvalue weighted by Gasteiger charge is -2.22. The molecular formula is C17H22N2O3S. The van der Waals surface area contributed by atoms with Crippen LogP contribution in [0.15, 0.2) is 41.8 Å². The molecule has 2 saturated carbocycles. The molecule has 0 atom stereocenters. The molecule has 2 fully saturated rings. The first-order chi connectivity index (χ1) is 11.0. The van der Waals surface area contributed by atoms with Gasteiger partial charge in [-0.15, -0.1) is 6.58 Å². The van der Waals surface area contributed by atoms with Crippen LogP contribution < -0.4 is 4.72 Å². The van der Waals surface area contributed by atoms with Crippen LogP contribution in [0.1, 0.15) is 36.0 Å². The number of amides is 1. The number of hydrogen-bond acceptors (Lipinski definition) is 3. The van der Waals surface area contributed by atoms with E-state index in [4.69, 9.17) is 0 Å². The minimum atomic E-state index is -3.61. The molecule has 0 aliphatic heterocycles. The average Bonchev–Trinajstić information content (AvgIpc) is 3.43. The van der Waals surface area contributed by atoms with Crippen LogP contribution in [0.5, 0.6) is 0 Å². The topological polar surface area (TPSA) is 66.5 Å². The van der Waals surface area contributed by atoms with E-state index in [1.807, 2.05) is 4.90 Å². The lowest BCUT2D eigenvalue weighted by molar-refractivity contribution is 0.0734. The third-order valence-corrected chi connectivity index (χ3v) is 5.63. The number of carbonyl (C=O) groups is 1. The van der Waals surface area contributed by atoms with Gasteiger partial charge >= 0.3 is 0 Å². The molecule has 0 unspecified atom stereocenters. The van der Waals surface area contributed by atoms with Gasteiger partial charge in [-0.2, -0.15) is 0 Å². The van der Waals surface area contributed by atoms with Gasteiger partial charge in [0.15, 0.2) is 0 Å². The Morgan fingerprint density at radius 2 is 2.04 bits per heavy atom. The highest BCUT2D eigenvalue weighted by atomic mass is 32.2. The summed E-state index contributed by atoms with van der Waals surface area (Å²) in [6, 6.07) is 6.62. The first-order valence-electron chi connectivity index (χ1n) is 8.03. The highest BCUT2D eigenvalue weighted by molar-refractivity contribution is 7.89. The van der Waals surface area contributed by atoms with Gasteiger partial charge in [-0.05, 0) is 49.8 Å². The maximum atomic E-state index is 12.8. The number of nitrogens with one attached hydrogen (secondary N) is 1. The molecule has 23 heavy (non-hydrogen) atoms. The summed E-state index contributed by atoms with van der Waals surface area (Å²) in [5, 5.41) is 0. The van der Waals surface area contributed by atoms with Crippen LogP contribution in [-0.4, -0.2) is 38.4 Å². The second-order valence-electron chi connectivity index (χ2n) is 6.30. The third kappa shape index (κ3) is 4.00. The average molecular weight is 334 g/mol. The van der Waals surface area contributed by atoms with Crippen LogP contribution in [0.2, 0.25) is 0 Å². The number of hydrogen-bond donors (Lipinski definition) is 1. The van der Waals surface area contributed by atoms with E-state index in [-0.39, 0.29) is 17.3 Å². The zero-order valence-corrected chi connectivity index (χ0v) is 13.9. The number of sulfonamides is 1. The molecule has 6 heteroatoms. The molecule has 0 radical (unpaired) electrons. The van der Waals surface area contributed by atoms with E-state index in [0.717, 1.165) is 19.4 Å². The zero-order valence-electron chi connectivity index (χ0n) is 13.1. The second-order valence-corrected chi connectivity index (χ2v) is 8.07. The van der Waals surface area contributed by atoms with Crippen LogP contribution >= 0.6 is 0 Å². The summed E-state index contributed by atoms with van der Waals surface area (Å²) in [5.74, 6) is 0.570. The fourth-order valence-electron chi connectivity index (χ4n) is 2.58. The van der Waals surface area contributed by atoms with E-state index in [1.165, 1.54) is 31.1 Å². The highest BCUT2D eigenvalue weighted by Crippen LogP contribution is 2.35. The monoisotopic (exact) mass is 334 g/mol. The van der Waals surface area contributed by atoms with Gasteiger partial charge in [0.1, 0.15) is 0 Å². The minimum absolute atomic E-state index is 0.0554. The van der Waals surface area contributed by atoms with Crippen molar-refractivity contribution in [3.8, 4) is 0 Å². The Labute approximate surface area is 137 Å². The molecule has 0 saturated heterocycles. The van der Waals surface area contributed by atoms with Crippen molar-refractivity contribution in [1.82, 2.24) is 9.62 Å². The molecule has 0 bridgehead atoms. The number of nitrogens with zero attached hydrogens (tertiary/aromatic N) is 1. The molecule has 124 valence electrons. The summed E-state index contributed by atoms with van der Waals surface area (Å²) in [5.41, 5.74) is 0.444. The molecule has 1 aromatic carbocycles. The van der Waals surface area contributed by atoms with Gasteiger partial charge in [-0.3, -0.25) is 4.79 Å². The number of rotatable bonds is 8. The van der Waals surface area contributed by atoms with Crippen molar-refractivity contribution in [2.45, 2.75) is 36.6 Å². The maximum absolute atomic E-state index is 12.8. The molecule has 3 rings (SSSR count). The van der Waals surface area contributed by atoms with Gasteiger partial charge in [0.25, 0.3) is 5.91 Å². The predicted molar refractivity (Wildman–Crippen MR) is 88.6 cm³/mol. The molecule has 2 aliphatic rings. The van der Waals surface area contributed by atoms with Crippen LogP contribution in [0.25, 0.3) is 0 Å². The molecule has 0 aromatic heterocycles. The van der Waals surface area contributed by atoms with Crippen molar-refractivity contribution in [1.29, 1.82) is 0 Å². The van der Waals surface area contributed by atoms with Gasteiger partial charge < -0.3 is 4.90 Å². The molecule has 1 N–H and O–H groups in total. The smallest absolute Gasteiger partial charge is 0.254 e. The maximum Gasteiger partial charge on any atom is 0.254 e. The summed E-state index contributed by atoms with van der Waals surface area (Å²) in [6.07, 6.45) is 5.97. The Balaban J connectivity index is 1.80. The fourth-order valence-corrected chi connectivity index (χ4v) is 3.62. The fraction of sp³-hybridized carbons (Fsp3) is 0.471. The Bertz CT molecular complexity index is 706. The third-order valence-electron chi connectivity index (χ3n) is 4.21. The largest absolute Gasteiger partial charge is 0.335 e. The minimum Gasteiger partial charge on any atom is -0.335 e. The van der Waals surface area contributed by atoms with Crippen LogP contribution in [-0.2, 0) is 10.0 Å². The highest BCUT2D eigenvalue weighted by Gasteiger charge is 2.37. The molecule has 5 nitrogen and oxygen atoms in total. The molecule has 0 spiro atoms. The van der Waals surface area contributed by atoms with Gasteiger partial charge in [0.05, 0.1) is 4.90 Å². The van der Waals surface area contributed by atoms with E-state index in [1.54, 1.807) is 12.1 Å². The lowest BCUT2D eigenvalue weighted by atomic mass is 10.2. The molecule has 1 aromatic rings. The van der Waals surface area contributed by atoms with Crippen molar-refractivity contribution in [3.05, 3.63) is 42.5 Å². The SMILES string of the molecule is C=CCNS(=O)(=O)c1cccc(C(=O)N(CC2CC2)C2CC2)c1. The van der Waals surface area contributed by atoms with Gasteiger partial charge in [0.2, 0.25) is 10.0 Å². The molecule has 1 amide bonds. The normalized spacial score (nSPS) is 17.7. The van der Waals surface area contributed by atoms with Crippen molar-refractivity contribution in [2.75, 3.05) is 13.1 Å². The van der Waals surface area contributed by atoms with Gasteiger partial charge in [0, 0.05) is 24.7 Å². The van der Waals surface area contributed by atoms with E-state index >= 15 is 0 Å². The van der Waals surface area contributed by atoms with Crippen LogP contribution in [0.4, 0.5) is 0 Å². The first-order valence-corrected chi connectivity index (χ1v) is 9.51. The van der Waals surface area contributed by atoms with Crippen LogP contribution in [0.3, 0.4) is 0 Å². The summed E-state index contributed by atoms with van der Waals surface area (Å²) < 4.78 is 26.8. The standard InChI is InChI=1S/C17H22N2O3S/c1-2-10-18-23(21,22)16-5-3-4-14(11-16)17(20)19(15-8-9-15)12-13-6-7-13/h2-5,11,13,15,18H,1,6-10,12H2. The van der Waals surface area contributed by atoms with Gasteiger partial charge in [-0.1, -0.05) is 12.1 Å². The Morgan fingerprint density at radius 3 is 2.65 bits per heavy atom. The zero-order chi connectivity index (χ0) is 16.4. The number of benzene rings is 1. The quantitative estimate of drug-likeness (QED) is 0.741. The second kappa shape index (κ2) is 6.45. The van der Waals surface area contributed by atoms with Crippen molar-refractivity contribution < 1.29 is 13.2 Å². The van der Waals surface area contributed by atoms with Crippen molar-refractivity contribution in [3.63, 3.8) is 0 Å². The summed E-state index contributed by atoms with van der Waals surface area (Å²) in [4.78, 5) is 14.8. The van der Waals surface area contributed by atoms with E-state index in [0.29, 0.717) is 17.5 Å². The van der Waals surface area contributed by atoms with E-state index < -0.39 is 10.0 Å². The predicted octanol–water partition coefficient (Wildman–Crippen LogP) is 2.17. The first kappa shape index (κ1) is 16.2. The van der Waals surface area contributed by atoms with Gasteiger partial charge in [-0.25, -0.2) is 13.1 Å². The lowest BCUT2D eigenvalue weighted by Crippen LogP contribution is -2.35. The molecular weight excluding hydrogens is 312 g/mol. The van der Waals surface area contributed by atoms with E-state index in [2.05, 4.69) is 11.3 Å². The summed E-state index contributed by atoms with van der Waals surface area (Å²) in [7, 11) is -3.61.